The summed E-state index contributed by atoms with van der Waals surface area (Å²) in [6, 6.07) is 0.548. The first-order valence-corrected chi connectivity index (χ1v) is 5.49. The summed E-state index contributed by atoms with van der Waals surface area (Å²) >= 11 is 0. The number of likely N-dealkylation sites (tertiary alicyclic amines) is 1. The van der Waals surface area contributed by atoms with E-state index in [2.05, 4.69) is 10.2 Å². The van der Waals surface area contributed by atoms with Crippen LogP contribution in [0.2, 0.25) is 0 Å². The average molecular weight is 213 g/mol. The zero-order chi connectivity index (χ0) is 11.0. The smallest absolute Gasteiger partial charge is 0.223 e. The molecule has 3 atom stereocenters. The van der Waals surface area contributed by atoms with Gasteiger partial charge in [0.15, 0.2) is 0 Å². The Labute approximate surface area is 89.9 Å². The molecule has 15 heavy (non-hydrogen) atoms. The molecule has 5 heteroatoms. The van der Waals surface area contributed by atoms with Crippen LogP contribution in [-0.2, 0) is 9.53 Å². The lowest BCUT2D eigenvalue weighted by Crippen LogP contribution is -2.72. The van der Waals surface area contributed by atoms with Gasteiger partial charge in [0.05, 0.1) is 24.9 Å². The Kier molecular flexibility index (Phi) is 2.95. The number of carbonyl (C=O) groups excluding carboxylic acids is 1. The first kappa shape index (κ1) is 10.9. The second-order valence-electron chi connectivity index (χ2n) is 4.66. The van der Waals surface area contributed by atoms with Crippen molar-refractivity contribution in [2.45, 2.75) is 32.2 Å². The van der Waals surface area contributed by atoms with E-state index in [4.69, 9.17) is 10.5 Å². The van der Waals surface area contributed by atoms with Gasteiger partial charge in [0.25, 0.3) is 0 Å². The van der Waals surface area contributed by atoms with Crippen molar-refractivity contribution in [1.29, 1.82) is 0 Å². The molecule has 0 saturated carbocycles. The van der Waals surface area contributed by atoms with Crippen LogP contribution in [0.5, 0.6) is 0 Å². The van der Waals surface area contributed by atoms with Crippen LogP contribution in [0, 0.1) is 5.92 Å². The van der Waals surface area contributed by atoms with E-state index in [-0.39, 0.29) is 18.0 Å². The molecule has 3 N–H and O–H groups in total. The molecule has 2 rings (SSSR count). The van der Waals surface area contributed by atoms with Crippen LogP contribution in [0.4, 0.5) is 0 Å². The molecule has 0 aliphatic carbocycles. The van der Waals surface area contributed by atoms with Crippen molar-refractivity contribution in [3.63, 3.8) is 0 Å². The van der Waals surface area contributed by atoms with Crippen molar-refractivity contribution in [3.05, 3.63) is 0 Å². The van der Waals surface area contributed by atoms with Crippen LogP contribution >= 0.6 is 0 Å². The molecule has 2 fully saturated rings. The zero-order valence-electron chi connectivity index (χ0n) is 9.27. The predicted octanol–water partition coefficient (Wildman–Crippen LogP) is -0.874. The summed E-state index contributed by atoms with van der Waals surface area (Å²) in [5, 5.41) is 2.79. The Balaban J connectivity index is 1.68. The number of fused-ring (bicyclic) bond motifs is 1. The molecule has 2 heterocycles. The zero-order valence-corrected chi connectivity index (χ0v) is 9.27. The van der Waals surface area contributed by atoms with E-state index < -0.39 is 0 Å². The molecule has 1 amide bonds. The maximum absolute atomic E-state index is 11.4. The van der Waals surface area contributed by atoms with Gasteiger partial charge in [-0.2, -0.15) is 0 Å². The van der Waals surface area contributed by atoms with Gasteiger partial charge in [-0.15, -0.1) is 0 Å². The molecule has 5 nitrogen and oxygen atoms in total. The van der Waals surface area contributed by atoms with Crippen molar-refractivity contribution < 1.29 is 9.53 Å². The predicted molar refractivity (Wildman–Crippen MR) is 56.1 cm³/mol. The molecule has 86 valence electrons. The Hall–Kier alpha value is -0.650. The topological polar surface area (TPSA) is 67.6 Å². The average Bonchev–Trinajstić information content (AvgIpc) is 2.12. The lowest BCUT2D eigenvalue weighted by atomic mass is 9.95. The van der Waals surface area contributed by atoms with E-state index >= 15 is 0 Å². The molecule has 2 aliphatic heterocycles. The summed E-state index contributed by atoms with van der Waals surface area (Å²) in [5.74, 6) is 0.0108. The molecule has 0 aromatic rings. The molecule has 0 aromatic carbocycles. The van der Waals surface area contributed by atoms with Gasteiger partial charge in [0, 0.05) is 19.0 Å². The minimum Gasteiger partial charge on any atom is -0.373 e. The first-order valence-electron chi connectivity index (χ1n) is 5.49. The minimum atomic E-state index is -0.263. The maximum atomic E-state index is 11.4. The number of carbonyl (C=O) groups is 1. The van der Waals surface area contributed by atoms with Crippen LogP contribution in [0.25, 0.3) is 0 Å². The Bertz CT molecular complexity index is 257. The van der Waals surface area contributed by atoms with Gasteiger partial charge in [-0.25, -0.2) is 0 Å². The van der Waals surface area contributed by atoms with E-state index in [1.807, 2.05) is 13.8 Å². The van der Waals surface area contributed by atoms with Gasteiger partial charge >= 0.3 is 0 Å². The molecule has 0 spiro atoms. The minimum absolute atomic E-state index is 0.00720. The number of nitrogens with two attached hydrogens (primary N) is 1. The lowest BCUT2D eigenvalue weighted by molar-refractivity contribution is -0.215. The highest BCUT2D eigenvalue weighted by Crippen LogP contribution is 2.29. The molecule has 0 aromatic heterocycles. The second kappa shape index (κ2) is 4.08. The van der Waals surface area contributed by atoms with Crippen LogP contribution in [0.15, 0.2) is 0 Å². The number of rotatable bonds is 4. The molecule has 3 unspecified atom stereocenters. The van der Waals surface area contributed by atoms with Crippen molar-refractivity contribution in [2.75, 3.05) is 19.7 Å². The first-order chi connectivity index (χ1) is 7.08. The number of hydrogen-bond donors (Lipinski definition) is 2. The molecular formula is C10H19N3O2. The van der Waals surface area contributed by atoms with E-state index in [0.717, 1.165) is 19.7 Å². The van der Waals surface area contributed by atoms with E-state index in [1.165, 1.54) is 0 Å². The standard InChI is InChI=1S/C10H19N3O2/c1-6(2)10(14)12-9(11)4-13-3-8-7(13)5-15-8/h6-9H,3-5,11H2,1-2H3,(H,12,14). The SMILES string of the molecule is CC(C)C(=O)NC(N)CN1CC2OCC21. The van der Waals surface area contributed by atoms with Crippen molar-refractivity contribution in [1.82, 2.24) is 10.2 Å². The number of nitrogens with one attached hydrogen (secondary N) is 1. The lowest BCUT2D eigenvalue weighted by Gasteiger charge is -2.55. The summed E-state index contributed by atoms with van der Waals surface area (Å²) in [6.07, 6.45) is 0.166. The van der Waals surface area contributed by atoms with Gasteiger partial charge in [-0.1, -0.05) is 13.8 Å². The van der Waals surface area contributed by atoms with E-state index in [1.54, 1.807) is 0 Å². The molecule has 2 aliphatic rings. The summed E-state index contributed by atoms with van der Waals surface area (Å²) < 4.78 is 5.29. The highest BCUT2D eigenvalue weighted by Gasteiger charge is 2.47. The second-order valence-corrected chi connectivity index (χ2v) is 4.66. The monoisotopic (exact) mass is 213 g/mol. The Morgan fingerprint density at radius 1 is 1.67 bits per heavy atom. The summed E-state index contributed by atoms with van der Waals surface area (Å²) in [5.41, 5.74) is 5.84. The highest BCUT2D eigenvalue weighted by atomic mass is 16.5. The van der Waals surface area contributed by atoms with Crippen LogP contribution in [0.1, 0.15) is 13.8 Å². The third kappa shape index (κ3) is 2.14. The van der Waals surface area contributed by atoms with Crippen LogP contribution < -0.4 is 11.1 Å². The molecule has 0 radical (unpaired) electrons. The van der Waals surface area contributed by atoms with Crippen molar-refractivity contribution in [2.24, 2.45) is 11.7 Å². The third-order valence-electron chi connectivity index (χ3n) is 3.08. The largest absolute Gasteiger partial charge is 0.373 e. The van der Waals surface area contributed by atoms with Crippen LogP contribution in [-0.4, -0.2) is 48.8 Å². The Morgan fingerprint density at radius 3 is 2.80 bits per heavy atom. The fourth-order valence-electron chi connectivity index (χ4n) is 1.92. The molecular weight excluding hydrogens is 194 g/mol. The summed E-state index contributed by atoms with van der Waals surface area (Å²) in [7, 11) is 0. The van der Waals surface area contributed by atoms with Gasteiger partial charge in [0.2, 0.25) is 5.91 Å². The number of amides is 1. The molecule has 0 bridgehead atoms. The number of ether oxygens (including phenoxy) is 1. The summed E-state index contributed by atoms with van der Waals surface area (Å²) in [6.45, 7) is 6.22. The highest BCUT2D eigenvalue weighted by molar-refractivity contribution is 5.78. The van der Waals surface area contributed by atoms with E-state index in [9.17, 15) is 4.79 Å². The van der Waals surface area contributed by atoms with Gasteiger partial charge < -0.3 is 15.8 Å². The number of hydrogen-bond acceptors (Lipinski definition) is 4. The number of nitrogens with zero attached hydrogens (tertiary/aromatic N) is 1. The maximum Gasteiger partial charge on any atom is 0.223 e. The molecule has 2 saturated heterocycles. The van der Waals surface area contributed by atoms with Gasteiger partial charge in [-0.3, -0.25) is 9.69 Å². The fourth-order valence-corrected chi connectivity index (χ4v) is 1.92. The quantitative estimate of drug-likeness (QED) is 0.596. The Morgan fingerprint density at radius 2 is 2.40 bits per heavy atom. The normalized spacial score (nSPS) is 31.5. The van der Waals surface area contributed by atoms with Crippen LogP contribution in [0.3, 0.4) is 0 Å². The number of morpholine rings is 1. The summed E-state index contributed by atoms with van der Waals surface area (Å²) in [4.78, 5) is 13.6. The fraction of sp³-hybridized carbons (Fsp3) is 0.900. The van der Waals surface area contributed by atoms with Crippen molar-refractivity contribution >= 4 is 5.91 Å². The van der Waals surface area contributed by atoms with Gasteiger partial charge in [-0.05, 0) is 0 Å². The third-order valence-corrected chi connectivity index (χ3v) is 3.08. The van der Waals surface area contributed by atoms with Gasteiger partial charge in [0.1, 0.15) is 0 Å². The van der Waals surface area contributed by atoms with E-state index in [0.29, 0.717) is 12.1 Å². The van der Waals surface area contributed by atoms with Crippen molar-refractivity contribution in [3.8, 4) is 0 Å².